The molecule has 0 radical (unpaired) electrons. The van der Waals surface area contributed by atoms with Crippen molar-refractivity contribution in [3.05, 3.63) is 77.1 Å². The Hall–Kier alpha value is -3.19. The van der Waals surface area contributed by atoms with E-state index in [1.165, 1.54) is 0 Å². The minimum atomic E-state index is -0.252. The van der Waals surface area contributed by atoms with Crippen molar-refractivity contribution in [1.29, 1.82) is 0 Å². The predicted octanol–water partition coefficient (Wildman–Crippen LogP) is 3.37. The molecule has 0 aliphatic heterocycles. The van der Waals surface area contributed by atoms with Gasteiger partial charge in [0.15, 0.2) is 0 Å². The number of aromatic amines is 2. The first kappa shape index (κ1) is 15.3. The molecule has 4 aromatic rings. The van der Waals surface area contributed by atoms with E-state index in [4.69, 9.17) is 0 Å². The summed E-state index contributed by atoms with van der Waals surface area (Å²) in [5.74, 6) is 0.274. The normalized spacial score (nSPS) is 10.7. The third-order valence-electron chi connectivity index (χ3n) is 3.62. The van der Waals surface area contributed by atoms with Crippen molar-refractivity contribution in [3.63, 3.8) is 0 Å². The van der Waals surface area contributed by atoms with Gasteiger partial charge in [0.25, 0.3) is 5.56 Å². The molecule has 2 heterocycles. The molecule has 0 spiro atoms. The lowest BCUT2D eigenvalue weighted by Gasteiger charge is -2.10. The fraction of sp³-hybridized carbons (Fsp3) is 0. The molecule has 2 aromatic heterocycles. The van der Waals surface area contributed by atoms with Crippen LogP contribution in [0.2, 0.25) is 0 Å². The maximum Gasteiger partial charge on any atom is 0.259 e. The molecule has 7 heteroatoms. The second-order valence-corrected chi connectivity index (χ2v) is 6.38. The standard InChI is InChI=1S/C18H13N5OS/c24-18-14(17-20-22-23-21-17)11-15(25-13-9-5-2-6-10-13)16(19-18)12-7-3-1-4-8-12/h1-11H,(H,19,24)(H,20,21,22,23). The van der Waals surface area contributed by atoms with E-state index in [1.54, 1.807) is 11.8 Å². The number of rotatable bonds is 4. The first-order valence-electron chi connectivity index (χ1n) is 7.61. The van der Waals surface area contributed by atoms with Crippen LogP contribution in [0.5, 0.6) is 0 Å². The zero-order valence-corrected chi connectivity index (χ0v) is 13.8. The first-order valence-corrected chi connectivity index (χ1v) is 8.42. The number of pyridine rings is 1. The number of nitrogens with one attached hydrogen (secondary N) is 2. The van der Waals surface area contributed by atoms with Crippen LogP contribution in [0.1, 0.15) is 0 Å². The molecule has 25 heavy (non-hydrogen) atoms. The highest BCUT2D eigenvalue weighted by Gasteiger charge is 2.15. The molecule has 0 unspecified atom stereocenters. The van der Waals surface area contributed by atoms with Crippen molar-refractivity contribution in [1.82, 2.24) is 25.6 Å². The Kier molecular flexibility index (Phi) is 4.14. The van der Waals surface area contributed by atoms with Crippen LogP contribution in [0.3, 0.4) is 0 Å². The summed E-state index contributed by atoms with van der Waals surface area (Å²) in [6, 6.07) is 21.6. The Morgan fingerprint density at radius 1 is 0.920 bits per heavy atom. The van der Waals surface area contributed by atoms with Crippen molar-refractivity contribution >= 4 is 11.8 Å². The number of H-pyrrole nitrogens is 2. The van der Waals surface area contributed by atoms with Gasteiger partial charge in [-0.2, -0.15) is 5.21 Å². The second kappa shape index (κ2) is 6.74. The number of nitrogens with zero attached hydrogens (tertiary/aromatic N) is 3. The van der Waals surface area contributed by atoms with Crippen molar-refractivity contribution in [2.75, 3.05) is 0 Å². The predicted molar refractivity (Wildman–Crippen MR) is 96.2 cm³/mol. The molecule has 0 fully saturated rings. The summed E-state index contributed by atoms with van der Waals surface area (Å²) < 4.78 is 0. The molecule has 0 saturated heterocycles. The van der Waals surface area contributed by atoms with Gasteiger partial charge in [-0.15, -0.1) is 10.2 Å². The minimum Gasteiger partial charge on any atom is -0.320 e. The number of aromatic nitrogens is 5. The highest BCUT2D eigenvalue weighted by molar-refractivity contribution is 7.99. The Balaban J connectivity index is 1.88. The van der Waals surface area contributed by atoms with Crippen LogP contribution in [-0.2, 0) is 0 Å². The van der Waals surface area contributed by atoms with E-state index in [-0.39, 0.29) is 11.4 Å². The number of benzene rings is 2. The van der Waals surface area contributed by atoms with E-state index < -0.39 is 0 Å². The molecule has 4 rings (SSSR count). The molecule has 6 nitrogen and oxygen atoms in total. The summed E-state index contributed by atoms with van der Waals surface area (Å²) in [6.07, 6.45) is 0. The smallest absolute Gasteiger partial charge is 0.259 e. The van der Waals surface area contributed by atoms with Crippen LogP contribution in [0, 0.1) is 0 Å². The van der Waals surface area contributed by atoms with Gasteiger partial charge in [-0.1, -0.05) is 60.3 Å². The summed E-state index contributed by atoms with van der Waals surface area (Å²) in [6.45, 7) is 0. The Morgan fingerprint density at radius 2 is 1.64 bits per heavy atom. The maximum absolute atomic E-state index is 12.5. The summed E-state index contributed by atoms with van der Waals surface area (Å²) in [7, 11) is 0. The topological polar surface area (TPSA) is 87.3 Å². The number of hydrogen-bond donors (Lipinski definition) is 2. The van der Waals surface area contributed by atoms with Crippen molar-refractivity contribution < 1.29 is 0 Å². The summed E-state index contributed by atoms with van der Waals surface area (Å²) in [5, 5.41) is 13.8. The zero-order valence-electron chi connectivity index (χ0n) is 13.0. The van der Waals surface area contributed by atoms with Crippen LogP contribution in [0.4, 0.5) is 0 Å². The Labute approximate surface area is 147 Å². The summed E-state index contributed by atoms with van der Waals surface area (Å²) >= 11 is 1.57. The summed E-state index contributed by atoms with van der Waals surface area (Å²) in [5.41, 5.74) is 1.84. The average molecular weight is 347 g/mol. The number of tetrazole rings is 1. The number of hydrogen-bond acceptors (Lipinski definition) is 5. The van der Waals surface area contributed by atoms with Gasteiger partial charge in [-0.3, -0.25) is 4.79 Å². The molecule has 0 amide bonds. The van der Waals surface area contributed by atoms with Gasteiger partial charge >= 0.3 is 0 Å². The van der Waals surface area contributed by atoms with Crippen molar-refractivity contribution in [3.8, 4) is 22.6 Å². The largest absolute Gasteiger partial charge is 0.320 e. The quantitative estimate of drug-likeness (QED) is 0.591. The van der Waals surface area contributed by atoms with Gasteiger partial charge in [0.05, 0.1) is 11.3 Å². The third kappa shape index (κ3) is 3.22. The molecule has 122 valence electrons. The van der Waals surface area contributed by atoms with Crippen LogP contribution >= 0.6 is 11.8 Å². The Bertz CT molecular complexity index is 1030. The van der Waals surface area contributed by atoms with E-state index >= 15 is 0 Å². The zero-order chi connectivity index (χ0) is 17.1. The molecule has 2 N–H and O–H groups in total. The molecule has 2 aromatic carbocycles. The first-order chi connectivity index (χ1) is 12.3. The van der Waals surface area contributed by atoms with Crippen LogP contribution in [0.25, 0.3) is 22.6 Å². The van der Waals surface area contributed by atoms with Crippen molar-refractivity contribution in [2.24, 2.45) is 0 Å². The van der Waals surface area contributed by atoms with E-state index in [0.29, 0.717) is 5.56 Å². The highest BCUT2D eigenvalue weighted by Crippen LogP contribution is 2.35. The van der Waals surface area contributed by atoms with E-state index in [2.05, 4.69) is 25.6 Å². The van der Waals surface area contributed by atoms with Gasteiger partial charge in [-0.05, 0) is 29.0 Å². The van der Waals surface area contributed by atoms with E-state index in [9.17, 15) is 4.79 Å². The minimum absolute atomic E-state index is 0.252. The fourth-order valence-corrected chi connectivity index (χ4v) is 3.46. The molecule has 0 bridgehead atoms. The van der Waals surface area contributed by atoms with Crippen molar-refractivity contribution in [2.45, 2.75) is 9.79 Å². The van der Waals surface area contributed by atoms with Crippen LogP contribution in [0.15, 0.2) is 81.3 Å². The van der Waals surface area contributed by atoms with E-state index in [1.807, 2.05) is 66.7 Å². The highest BCUT2D eigenvalue weighted by atomic mass is 32.2. The van der Waals surface area contributed by atoms with Crippen LogP contribution in [-0.4, -0.2) is 25.6 Å². The monoisotopic (exact) mass is 347 g/mol. The Morgan fingerprint density at radius 3 is 2.32 bits per heavy atom. The molecule has 0 saturated carbocycles. The fourth-order valence-electron chi connectivity index (χ4n) is 2.47. The molecule has 0 aliphatic rings. The van der Waals surface area contributed by atoms with Gasteiger partial charge < -0.3 is 4.98 Å². The van der Waals surface area contributed by atoms with Gasteiger partial charge in [0.1, 0.15) is 0 Å². The van der Waals surface area contributed by atoms with Gasteiger partial charge in [-0.25, -0.2) is 0 Å². The molecular weight excluding hydrogens is 334 g/mol. The van der Waals surface area contributed by atoms with E-state index in [0.717, 1.165) is 21.0 Å². The lowest BCUT2D eigenvalue weighted by atomic mass is 10.1. The lowest BCUT2D eigenvalue weighted by molar-refractivity contribution is 0.881. The summed E-state index contributed by atoms with van der Waals surface area (Å²) in [4.78, 5) is 17.5. The van der Waals surface area contributed by atoms with Gasteiger partial charge in [0, 0.05) is 9.79 Å². The molecule has 0 atom stereocenters. The second-order valence-electron chi connectivity index (χ2n) is 5.27. The van der Waals surface area contributed by atoms with Crippen LogP contribution < -0.4 is 5.56 Å². The molecule has 0 aliphatic carbocycles. The van der Waals surface area contributed by atoms with Gasteiger partial charge in [0.2, 0.25) is 5.82 Å². The third-order valence-corrected chi connectivity index (χ3v) is 4.67. The SMILES string of the molecule is O=c1[nH]c(-c2ccccc2)c(Sc2ccccc2)cc1-c1nn[nH]n1. The lowest BCUT2D eigenvalue weighted by Crippen LogP contribution is -2.11. The molecular formula is C18H13N5OS. The maximum atomic E-state index is 12.5. The average Bonchev–Trinajstić information content (AvgIpc) is 3.19.